The van der Waals surface area contributed by atoms with E-state index in [1.54, 1.807) is 18.2 Å². The van der Waals surface area contributed by atoms with Gasteiger partial charge in [0.15, 0.2) is 5.78 Å². The lowest BCUT2D eigenvalue weighted by atomic mass is 9.59. The van der Waals surface area contributed by atoms with Crippen molar-refractivity contribution in [1.29, 1.82) is 0 Å². The predicted octanol–water partition coefficient (Wildman–Crippen LogP) is 7.50. The normalized spacial score (nSPS) is 24.7. The average molecular weight is 616 g/mol. The van der Waals surface area contributed by atoms with E-state index in [1.165, 1.54) is 12.0 Å². The number of imide groups is 1. The minimum absolute atomic E-state index is 0.134. The second-order valence-corrected chi connectivity index (χ2v) is 12.8. The maximum Gasteiger partial charge on any atom is 0.239 e. The topological polar surface area (TPSA) is 63.7 Å². The summed E-state index contributed by atoms with van der Waals surface area (Å²) >= 11 is 0. The number of carbonyl (C=O) groups is 3. The summed E-state index contributed by atoms with van der Waals surface area (Å²) in [6.45, 7) is 4.06. The Balaban J connectivity index is 1.56. The monoisotopic (exact) mass is 615 g/mol. The molecule has 8 rings (SSSR count). The number of benzene rings is 5. The Bertz CT molecular complexity index is 1970. The molecule has 1 aliphatic heterocycles. The molecule has 5 aromatic carbocycles. The first kappa shape index (κ1) is 28.9. The van der Waals surface area contributed by atoms with E-state index in [1.807, 2.05) is 129 Å². The van der Waals surface area contributed by atoms with Gasteiger partial charge in [-0.3, -0.25) is 14.4 Å². The number of hydrogen-bond acceptors (Lipinski definition) is 4. The van der Waals surface area contributed by atoms with Crippen molar-refractivity contribution >= 4 is 34.4 Å². The third-order valence-corrected chi connectivity index (χ3v) is 10.5. The van der Waals surface area contributed by atoms with E-state index in [2.05, 4.69) is 0 Å². The highest BCUT2D eigenvalue weighted by Crippen LogP contribution is 2.74. The molecule has 0 radical (unpaired) electrons. The SMILES string of the molecule is COc1ccccc1N1C(=O)[C@H]2[C@H](C1=O)[C@]1(c3ccccc3)C(=O)[C@]2(c2ccccc2)C(c2ccc(C)cc2)=C1c1ccc(C)cc1. The lowest BCUT2D eigenvalue weighted by Crippen LogP contribution is -2.45. The average Bonchev–Trinajstić information content (AvgIpc) is 3.61. The molecule has 2 bridgehead atoms. The lowest BCUT2D eigenvalue weighted by molar-refractivity contribution is -0.130. The number of aryl methyl sites for hydroxylation is 2. The standard InChI is InChI=1S/C42H33NO4/c1-26-18-22-28(23-19-26)34-35(29-24-20-27(2)21-25-29)42(31-14-8-5-9-15-31)37-36(41(34,40(42)46)30-12-6-4-7-13-30)38(44)43(39(37)45)32-16-10-11-17-33(32)47-3/h4-25,36-37H,1-3H3/t36-,37-,41-,42-/m1/s1. The van der Waals surface area contributed by atoms with Crippen LogP contribution in [0.5, 0.6) is 5.75 Å². The number of methoxy groups -OCH3 is 1. The van der Waals surface area contributed by atoms with Crippen molar-refractivity contribution in [2.45, 2.75) is 24.7 Å². The first-order valence-electron chi connectivity index (χ1n) is 15.9. The Hall–Kier alpha value is -5.55. The zero-order valence-electron chi connectivity index (χ0n) is 26.4. The summed E-state index contributed by atoms with van der Waals surface area (Å²) in [5.74, 6) is -2.48. The van der Waals surface area contributed by atoms with Crippen LogP contribution in [-0.2, 0) is 25.2 Å². The quantitative estimate of drug-likeness (QED) is 0.186. The molecule has 0 spiro atoms. The van der Waals surface area contributed by atoms with Gasteiger partial charge >= 0.3 is 0 Å². The number of anilines is 1. The second-order valence-electron chi connectivity index (χ2n) is 12.8. The van der Waals surface area contributed by atoms with Gasteiger partial charge in [-0.1, -0.05) is 132 Å². The van der Waals surface area contributed by atoms with Gasteiger partial charge in [-0.25, -0.2) is 4.90 Å². The number of Topliss-reactive ketones (excluding diaryl/α,β-unsaturated/α-hetero) is 1. The van der Waals surface area contributed by atoms with Crippen molar-refractivity contribution in [3.63, 3.8) is 0 Å². The number of hydrogen-bond donors (Lipinski definition) is 0. The van der Waals surface area contributed by atoms with E-state index in [0.717, 1.165) is 33.4 Å². The van der Waals surface area contributed by atoms with Crippen LogP contribution in [0, 0.1) is 25.7 Å². The maximum atomic E-state index is 16.0. The first-order chi connectivity index (χ1) is 22.9. The van der Waals surface area contributed by atoms with E-state index in [-0.39, 0.29) is 5.78 Å². The molecule has 3 aliphatic rings. The highest BCUT2D eigenvalue weighted by atomic mass is 16.5. The second kappa shape index (κ2) is 10.5. The predicted molar refractivity (Wildman–Crippen MR) is 183 cm³/mol. The summed E-state index contributed by atoms with van der Waals surface area (Å²) in [7, 11) is 1.53. The maximum absolute atomic E-state index is 16.0. The van der Waals surface area contributed by atoms with Crippen LogP contribution in [0.2, 0.25) is 0 Å². The van der Waals surface area contributed by atoms with E-state index < -0.39 is 34.5 Å². The van der Waals surface area contributed by atoms with Crippen LogP contribution in [-0.4, -0.2) is 24.7 Å². The van der Waals surface area contributed by atoms with Crippen LogP contribution in [0.15, 0.2) is 133 Å². The molecule has 230 valence electrons. The molecule has 2 amide bonds. The van der Waals surface area contributed by atoms with E-state index in [4.69, 9.17) is 4.74 Å². The van der Waals surface area contributed by atoms with Crippen LogP contribution in [0.25, 0.3) is 11.1 Å². The summed E-state index contributed by atoms with van der Waals surface area (Å²) in [6, 6.07) is 42.6. The van der Waals surface area contributed by atoms with Gasteiger partial charge in [-0.05, 0) is 59.4 Å². The van der Waals surface area contributed by atoms with E-state index in [0.29, 0.717) is 22.6 Å². The molecule has 2 fully saturated rings. The molecule has 1 heterocycles. The Morgan fingerprint density at radius 2 is 0.936 bits per heavy atom. The fourth-order valence-corrected chi connectivity index (χ4v) is 8.62. The summed E-state index contributed by atoms with van der Waals surface area (Å²) in [5.41, 5.74) is 4.35. The summed E-state index contributed by atoms with van der Waals surface area (Å²) in [6.07, 6.45) is 0. The number of rotatable bonds is 6. The van der Waals surface area contributed by atoms with E-state index >= 15 is 14.4 Å². The van der Waals surface area contributed by atoms with Crippen molar-refractivity contribution < 1.29 is 19.1 Å². The van der Waals surface area contributed by atoms with Crippen molar-refractivity contribution in [3.8, 4) is 5.75 Å². The highest BCUT2D eigenvalue weighted by Gasteiger charge is 2.82. The van der Waals surface area contributed by atoms with Gasteiger partial charge in [0.05, 0.1) is 35.5 Å². The number of ketones is 1. The molecule has 4 atom stereocenters. The molecule has 1 saturated heterocycles. The van der Waals surface area contributed by atoms with Gasteiger partial charge in [0.25, 0.3) is 0 Å². The Kier molecular flexibility index (Phi) is 6.45. The molecule has 5 aromatic rings. The highest BCUT2D eigenvalue weighted by molar-refractivity contribution is 6.39. The molecule has 1 saturated carbocycles. The van der Waals surface area contributed by atoms with Gasteiger partial charge < -0.3 is 4.74 Å². The van der Waals surface area contributed by atoms with Crippen LogP contribution in [0.4, 0.5) is 5.69 Å². The minimum Gasteiger partial charge on any atom is -0.495 e. The first-order valence-corrected chi connectivity index (χ1v) is 15.9. The molecule has 47 heavy (non-hydrogen) atoms. The van der Waals surface area contributed by atoms with Crippen LogP contribution >= 0.6 is 0 Å². The molecular weight excluding hydrogens is 582 g/mol. The summed E-state index contributed by atoms with van der Waals surface area (Å²) in [4.78, 5) is 47.6. The Labute approximate surface area is 274 Å². The van der Waals surface area contributed by atoms with Crippen molar-refractivity contribution in [2.75, 3.05) is 12.0 Å². The molecule has 0 aromatic heterocycles. The fourth-order valence-electron chi connectivity index (χ4n) is 8.62. The Morgan fingerprint density at radius 3 is 1.36 bits per heavy atom. The molecule has 5 heteroatoms. The fraction of sp³-hybridized carbons (Fsp3) is 0.167. The Morgan fingerprint density at radius 1 is 0.532 bits per heavy atom. The van der Waals surface area contributed by atoms with Gasteiger partial charge in [-0.15, -0.1) is 0 Å². The van der Waals surface area contributed by atoms with Gasteiger partial charge in [0.2, 0.25) is 11.8 Å². The zero-order chi connectivity index (χ0) is 32.5. The number of carbonyl (C=O) groups excluding carboxylic acids is 3. The smallest absolute Gasteiger partial charge is 0.239 e. The van der Waals surface area contributed by atoms with Crippen LogP contribution in [0.3, 0.4) is 0 Å². The number of nitrogens with zero attached hydrogens (tertiary/aromatic N) is 1. The minimum atomic E-state index is -1.44. The molecule has 0 N–H and O–H groups in total. The van der Waals surface area contributed by atoms with Crippen LogP contribution < -0.4 is 9.64 Å². The molecule has 2 aliphatic carbocycles. The summed E-state index contributed by atoms with van der Waals surface area (Å²) < 4.78 is 5.67. The van der Waals surface area contributed by atoms with Crippen molar-refractivity contribution in [3.05, 3.63) is 167 Å². The van der Waals surface area contributed by atoms with Gasteiger partial charge in [-0.2, -0.15) is 0 Å². The van der Waals surface area contributed by atoms with Crippen molar-refractivity contribution in [2.24, 2.45) is 11.8 Å². The largest absolute Gasteiger partial charge is 0.495 e. The number of ether oxygens (including phenoxy) is 1. The number of allylic oxidation sites excluding steroid dienone is 2. The number of para-hydroxylation sites is 2. The zero-order valence-corrected chi connectivity index (χ0v) is 26.4. The van der Waals surface area contributed by atoms with E-state index in [9.17, 15) is 0 Å². The van der Waals surface area contributed by atoms with Gasteiger partial charge in [0, 0.05) is 0 Å². The lowest BCUT2D eigenvalue weighted by Gasteiger charge is -2.39. The van der Waals surface area contributed by atoms with Crippen molar-refractivity contribution in [1.82, 2.24) is 0 Å². The van der Waals surface area contributed by atoms with Gasteiger partial charge in [0.1, 0.15) is 5.75 Å². The molecule has 5 nitrogen and oxygen atoms in total. The number of amides is 2. The number of fused-ring (bicyclic) bond motifs is 5. The van der Waals surface area contributed by atoms with Crippen LogP contribution in [0.1, 0.15) is 33.4 Å². The molecule has 0 unspecified atom stereocenters. The third kappa shape index (κ3) is 3.68. The molecular formula is C42H33NO4. The third-order valence-electron chi connectivity index (χ3n) is 10.5. The summed E-state index contributed by atoms with van der Waals surface area (Å²) in [5, 5.41) is 0.